The predicted molar refractivity (Wildman–Crippen MR) is 86.7 cm³/mol. The minimum Gasteiger partial charge on any atom is -0.494 e. The second kappa shape index (κ2) is 8.40. The van der Waals surface area contributed by atoms with Crippen molar-refractivity contribution in [1.82, 2.24) is 5.32 Å². The van der Waals surface area contributed by atoms with Gasteiger partial charge in [-0.1, -0.05) is 26.0 Å². The topological polar surface area (TPSA) is 30.5 Å². The van der Waals surface area contributed by atoms with Crippen molar-refractivity contribution in [2.45, 2.75) is 58.7 Å². The van der Waals surface area contributed by atoms with Crippen molar-refractivity contribution in [3.63, 3.8) is 0 Å². The molecule has 2 atom stereocenters. The Balaban J connectivity index is 1.71. The summed E-state index contributed by atoms with van der Waals surface area (Å²) >= 11 is 0. The van der Waals surface area contributed by atoms with E-state index in [2.05, 4.69) is 50.4 Å². The highest BCUT2D eigenvalue weighted by Crippen LogP contribution is 2.16. The van der Waals surface area contributed by atoms with Crippen LogP contribution in [-0.2, 0) is 11.3 Å². The van der Waals surface area contributed by atoms with Gasteiger partial charge in [-0.05, 0) is 49.8 Å². The highest BCUT2D eigenvalue weighted by atomic mass is 16.5. The number of benzene rings is 1. The van der Waals surface area contributed by atoms with Crippen LogP contribution in [0.5, 0.6) is 5.75 Å². The smallest absolute Gasteiger partial charge is 0.119 e. The molecule has 3 nitrogen and oxygen atoms in total. The van der Waals surface area contributed by atoms with Crippen molar-refractivity contribution in [3.8, 4) is 5.75 Å². The first-order valence-corrected chi connectivity index (χ1v) is 8.20. The van der Waals surface area contributed by atoms with E-state index < -0.39 is 0 Å². The summed E-state index contributed by atoms with van der Waals surface area (Å²) in [5, 5.41) is 3.63. The first-order chi connectivity index (χ1) is 10.1. The third-order valence-electron chi connectivity index (χ3n) is 3.97. The monoisotopic (exact) mass is 291 g/mol. The lowest BCUT2D eigenvalue weighted by Crippen LogP contribution is -2.37. The van der Waals surface area contributed by atoms with Gasteiger partial charge in [-0.15, -0.1) is 0 Å². The largest absolute Gasteiger partial charge is 0.494 e. The second-order valence-electron chi connectivity index (χ2n) is 6.46. The van der Waals surface area contributed by atoms with Crippen molar-refractivity contribution in [2.24, 2.45) is 5.92 Å². The maximum atomic E-state index is 5.74. The fraction of sp³-hybridized carbons (Fsp3) is 0.667. The molecule has 0 saturated carbocycles. The maximum Gasteiger partial charge on any atom is 0.119 e. The van der Waals surface area contributed by atoms with E-state index >= 15 is 0 Å². The number of hydrogen-bond acceptors (Lipinski definition) is 3. The molecule has 0 amide bonds. The van der Waals surface area contributed by atoms with Gasteiger partial charge in [0.05, 0.1) is 12.7 Å². The van der Waals surface area contributed by atoms with E-state index in [1.807, 2.05) is 0 Å². The van der Waals surface area contributed by atoms with Crippen LogP contribution in [0.15, 0.2) is 24.3 Å². The van der Waals surface area contributed by atoms with Gasteiger partial charge in [0.15, 0.2) is 0 Å². The standard InChI is InChI=1S/C18H29NO2/c1-14(2)8-10-21-18-6-4-16(5-7-18)13-19-17-9-11-20-15(3)12-17/h4-7,14-15,17,19H,8-13H2,1-3H3. The molecule has 1 aromatic rings. The van der Waals surface area contributed by atoms with Gasteiger partial charge in [0.1, 0.15) is 5.75 Å². The van der Waals surface area contributed by atoms with Gasteiger partial charge in [-0.3, -0.25) is 0 Å². The van der Waals surface area contributed by atoms with Crippen LogP contribution in [0.2, 0.25) is 0 Å². The number of hydrogen-bond donors (Lipinski definition) is 1. The minimum absolute atomic E-state index is 0.382. The summed E-state index contributed by atoms with van der Waals surface area (Å²) in [6, 6.07) is 9.03. The van der Waals surface area contributed by atoms with E-state index in [9.17, 15) is 0 Å². The fourth-order valence-corrected chi connectivity index (χ4v) is 2.56. The van der Waals surface area contributed by atoms with Gasteiger partial charge < -0.3 is 14.8 Å². The lowest BCUT2D eigenvalue weighted by Gasteiger charge is -2.28. The average Bonchev–Trinajstić information content (AvgIpc) is 2.46. The van der Waals surface area contributed by atoms with Crippen molar-refractivity contribution >= 4 is 0 Å². The molecule has 1 N–H and O–H groups in total. The highest BCUT2D eigenvalue weighted by molar-refractivity contribution is 5.27. The first-order valence-electron chi connectivity index (χ1n) is 8.20. The minimum atomic E-state index is 0.382. The van der Waals surface area contributed by atoms with Crippen LogP contribution in [-0.4, -0.2) is 25.4 Å². The quantitative estimate of drug-likeness (QED) is 0.829. The molecule has 1 fully saturated rings. The summed E-state index contributed by atoms with van der Waals surface area (Å²) in [5.74, 6) is 1.66. The molecule has 2 rings (SSSR count). The summed E-state index contributed by atoms with van der Waals surface area (Å²) in [7, 11) is 0. The summed E-state index contributed by atoms with van der Waals surface area (Å²) < 4.78 is 11.3. The zero-order valence-electron chi connectivity index (χ0n) is 13.6. The molecule has 3 heteroatoms. The van der Waals surface area contributed by atoms with Crippen LogP contribution in [0, 0.1) is 5.92 Å². The van der Waals surface area contributed by atoms with Crippen LogP contribution in [0.4, 0.5) is 0 Å². The van der Waals surface area contributed by atoms with Gasteiger partial charge >= 0.3 is 0 Å². The molecule has 0 aliphatic carbocycles. The third-order valence-corrected chi connectivity index (χ3v) is 3.97. The van der Waals surface area contributed by atoms with Crippen LogP contribution in [0.3, 0.4) is 0 Å². The molecule has 0 bridgehead atoms. The van der Waals surface area contributed by atoms with Gasteiger partial charge in [-0.25, -0.2) is 0 Å². The Kier molecular flexibility index (Phi) is 6.52. The van der Waals surface area contributed by atoms with E-state index in [0.717, 1.165) is 44.8 Å². The van der Waals surface area contributed by atoms with E-state index in [0.29, 0.717) is 18.1 Å². The molecular formula is C18H29NO2. The summed E-state index contributed by atoms with van der Waals surface area (Å²) in [4.78, 5) is 0. The fourth-order valence-electron chi connectivity index (χ4n) is 2.56. The second-order valence-corrected chi connectivity index (χ2v) is 6.46. The molecule has 0 aromatic heterocycles. The van der Waals surface area contributed by atoms with Crippen LogP contribution in [0.1, 0.15) is 45.6 Å². The molecule has 1 aliphatic rings. The Bertz CT molecular complexity index is 402. The van der Waals surface area contributed by atoms with Crippen molar-refractivity contribution in [1.29, 1.82) is 0 Å². The Morgan fingerprint density at radius 1 is 1.29 bits per heavy atom. The number of nitrogens with one attached hydrogen (secondary N) is 1. The zero-order chi connectivity index (χ0) is 15.1. The molecule has 2 unspecified atom stereocenters. The average molecular weight is 291 g/mol. The Labute approximate surface area is 129 Å². The number of rotatable bonds is 7. The lowest BCUT2D eigenvalue weighted by molar-refractivity contribution is 0.0130. The zero-order valence-corrected chi connectivity index (χ0v) is 13.6. The molecule has 1 aromatic carbocycles. The molecule has 21 heavy (non-hydrogen) atoms. The van der Waals surface area contributed by atoms with Crippen molar-refractivity contribution in [3.05, 3.63) is 29.8 Å². The Morgan fingerprint density at radius 3 is 2.71 bits per heavy atom. The van der Waals surface area contributed by atoms with Crippen LogP contribution >= 0.6 is 0 Å². The van der Waals surface area contributed by atoms with E-state index in [1.54, 1.807) is 0 Å². The Morgan fingerprint density at radius 2 is 2.05 bits per heavy atom. The highest BCUT2D eigenvalue weighted by Gasteiger charge is 2.18. The van der Waals surface area contributed by atoms with Gasteiger partial charge in [0, 0.05) is 19.2 Å². The summed E-state index contributed by atoms with van der Waals surface area (Å²) in [6.07, 6.45) is 3.70. The van der Waals surface area contributed by atoms with Gasteiger partial charge in [-0.2, -0.15) is 0 Å². The molecule has 1 heterocycles. The van der Waals surface area contributed by atoms with Crippen LogP contribution < -0.4 is 10.1 Å². The third kappa shape index (κ3) is 6.06. The molecule has 0 radical (unpaired) electrons. The SMILES string of the molecule is CC(C)CCOc1ccc(CNC2CCOC(C)C2)cc1. The molecular weight excluding hydrogens is 262 g/mol. The van der Waals surface area contributed by atoms with E-state index in [1.165, 1.54) is 5.56 Å². The van der Waals surface area contributed by atoms with E-state index in [4.69, 9.17) is 9.47 Å². The van der Waals surface area contributed by atoms with Crippen molar-refractivity contribution < 1.29 is 9.47 Å². The molecule has 0 spiro atoms. The normalized spacial score (nSPS) is 22.5. The molecule has 1 saturated heterocycles. The van der Waals surface area contributed by atoms with Crippen LogP contribution in [0.25, 0.3) is 0 Å². The first kappa shape index (κ1) is 16.3. The molecule has 1 aliphatic heterocycles. The Hall–Kier alpha value is -1.06. The predicted octanol–water partition coefficient (Wildman–Crippen LogP) is 3.77. The summed E-state index contributed by atoms with van der Waals surface area (Å²) in [5.41, 5.74) is 1.31. The van der Waals surface area contributed by atoms with E-state index in [-0.39, 0.29) is 0 Å². The summed E-state index contributed by atoms with van der Waals surface area (Å²) in [6.45, 7) is 9.18. The lowest BCUT2D eigenvalue weighted by atomic mass is 10.0. The number of ether oxygens (including phenoxy) is 2. The van der Waals surface area contributed by atoms with Crippen molar-refractivity contribution in [2.75, 3.05) is 13.2 Å². The molecule has 118 valence electrons. The van der Waals surface area contributed by atoms with Gasteiger partial charge in [0.2, 0.25) is 0 Å². The van der Waals surface area contributed by atoms with Gasteiger partial charge in [0.25, 0.3) is 0 Å². The maximum absolute atomic E-state index is 5.74.